The topological polar surface area (TPSA) is 44.8 Å². The van der Waals surface area contributed by atoms with Crippen LogP contribution in [0.5, 0.6) is 0 Å². The van der Waals surface area contributed by atoms with Gasteiger partial charge in [0.05, 0.1) is 25.2 Å². The number of ether oxygens (including phenoxy) is 3. The van der Waals surface area contributed by atoms with Crippen molar-refractivity contribution < 1.29 is 19.0 Å². The number of hydrogen-bond acceptors (Lipinski definition) is 4. The summed E-state index contributed by atoms with van der Waals surface area (Å²) in [4.78, 5) is 12.4. The molecule has 2 saturated heterocycles. The van der Waals surface area contributed by atoms with E-state index in [0.29, 0.717) is 18.4 Å². The van der Waals surface area contributed by atoms with Crippen LogP contribution in [0.15, 0.2) is 22.8 Å². The van der Waals surface area contributed by atoms with E-state index in [-0.39, 0.29) is 57.7 Å². The third kappa shape index (κ3) is 3.52. The zero-order valence-electron chi connectivity index (χ0n) is 15.9. The molecule has 3 atom stereocenters. The van der Waals surface area contributed by atoms with Crippen molar-refractivity contribution in [1.82, 2.24) is 0 Å². The Kier molecular flexibility index (Phi) is 7.17. The van der Waals surface area contributed by atoms with Gasteiger partial charge in [-0.3, -0.25) is 4.79 Å². The molecule has 27 heavy (non-hydrogen) atoms. The fraction of sp³-hybridized carbons (Fsp3) is 0.750. The van der Waals surface area contributed by atoms with Crippen molar-refractivity contribution in [2.24, 2.45) is 17.3 Å². The number of allylic oxidation sites excluding steroid dienone is 3. The van der Waals surface area contributed by atoms with Gasteiger partial charge in [0.15, 0.2) is 5.79 Å². The molecule has 0 aromatic carbocycles. The molecule has 0 aromatic rings. The summed E-state index contributed by atoms with van der Waals surface area (Å²) in [5.41, 5.74) is 4.35. The molecule has 0 N–H and O–H groups in total. The summed E-state index contributed by atoms with van der Waals surface area (Å²) >= 11 is 0. The molecule has 5 aliphatic rings. The van der Waals surface area contributed by atoms with Crippen molar-refractivity contribution >= 4 is 46.5 Å². The molecule has 0 radical (unpaired) electrons. The number of cyclic esters (lactones) is 1. The molecular weight excluding hydrogens is 400 g/mol. The van der Waals surface area contributed by atoms with Gasteiger partial charge in [-0.15, -0.1) is 0 Å². The van der Waals surface area contributed by atoms with Gasteiger partial charge in [-0.1, -0.05) is 11.6 Å². The maximum absolute atomic E-state index is 12.4. The van der Waals surface area contributed by atoms with Gasteiger partial charge < -0.3 is 14.2 Å². The molecule has 3 aliphatic carbocycles. The molecule has 4 nitrogen and oxygen atoms in total. The Balaban J connectivity index is 0.000000871. The summed E-state index contributed by atoms with van der Waals surface area (Å²) in [6.45, 7) is 4.18. The van der Waals surface area contributed by atoms with Crippen molar-refractivity contribution in [3.8, 4) is 0 Å². The van der Waals surface area contributed by atoms with Crippen molar-refractivity contribution in [2.45, 2.75) is 57.7 Å². The maximum Gasteiger partial charge on any atom is 0.312 e. The number of fused-ring (bicyclic) bond motifs is 4. The number of hydrogen-bond donors (Lipinski definition) is 0. The Labute approximate surface area is 182 Å². The highest BCUT2D eigenvalue weighted by atomic mass is 32.1. The maximum atomic E-state index is 12.4. The van der Waals surface area contributed by atoms with Crippen LogP contribution >= 0.6 is 40.5 Å². The minimum atomic E-state index is -0.329. The summed E-state index contributed by atoms with van der Waals surface area (Å²) in [5.74, 6) is 0.672. The van der Waals surface area contributed by atoms with Crippen LogP contribution in [0, 0.1) is 17.3 Å². The average Bonchev–Trinajstić information content (AvgIpc) is 3.03. The lowest BCUT2D eigenvalue weighted by Crippen LogP contribution is -2.49. The Morgan fingerprint density at radius 2 is 1.78 bits per heavy atom. The molecule has 0 aromatic heterocycles. The lowest BCUT2D eigenvalue weighted by atomic mass is 9.56. The van der Waals surface area contributed by atoms with E-state index in [0.717, 1.165) is 58.2 Å². The van der Waals surface area contributed by atoms with Gasteiger partial charge in [-0.25, -0.2) is 0 Å². The summed E-state index contributed by atoms with van der Waals surface area (Å²) in [5, 5.41) is 0. The number of rotatable bonds is 0. The van der Waals surface area contributed by atoms with E-state index in [2.05, 4.69) is 13.0 Å². The first kappa shape index (κ1) is 23.2. The van der Waals surface area contributed by atoms with Crippen molar-refractivity contribution in [3.05, 3.63) is 22.8 Å². The molecule has 2 aliphatic heterocycles. The van der Waals surface area contributed by atoms with Gasteiger partial charge in [0.1, 0.15) is 0 Å². The smallest absolute Gasteiger partial charge is 0.312 e. The fourth-order valence-corrected chi connectivity index (χ4v) is 5.86. The molecule has 2 fully saturated rings. The second-order valence-corrected chi connectivity index (χ2v) is 8.32. The first-order chi connectivity index (χ1) is 11.6. The summed E-state index contributed by atoms with van der Waals surface area (Å²) in [7, 11) is 0. The van der Waals surface area contributed by atoms with Gasteiger partial charge in [-0.2, -0.15) is 40.5 Å². The Morgan fingerprint density at radius 1 is 1.04 bits per heavy atom. The fourth-order valence-electron chi connectivity index (χ4n) is 5.86. The highest BCUT2D eigenvalue weighted by Crippen LogP contribution is 2.56. The van der Waals surface area contributed by atoms with Gasteiger partial charge in [-0.05, 0) is 62.0 Å². The Hall–Kier alpha value is -0.0800. The number of carbonyl (C=O) groups is 1. The predicted molar refractivity (Wildman–Crippen MR) is 119 cm³/mol. The summed E-state index contributed by atoms with van der Waals surface area (Å²) < 4.78 is 17.3. The van der Waals surface area contributed by atoms with E-state index >= 15 is 0 Å². The third-order valence-corrected chi connectivity index (χ3v) is 7.16. The first-order valence-electron chi connectivity index (χ1n) is 9.48. The standard InChI is InChI=1S/C20H26O4.3H2S/c1-19-7-4-15-14-5-8-20(23-10-11-24-20)12-13(14)2-3-16(15)17(19)6-9-22-18(19)21;;;/h4,16-17H,2-3,5-12H2,1H3;3*1H2/t16-,17+,19+;;;/m1.../s1. The van der Waals surface area contributed by atoms with Crippen LogP contribution in [0.4, 0.5) is 0 Å². The Morgan fingerprint density at radius 3 is 2.52 bits per heavy atom. The zero-order valence-corrected chi connectivity index (χ0v) is 18.9. The predicted octanol–water partition coefficient (Wildman–Crippen LogP) is 3.86. The highest BCUT2D eigenvalue weighted by molar-refractivity contribution is 7.59. The SMILES string of the molecule is C[C@]12CC=C3C4=C(CC[C@H]3[C@@H]1CCOC2=O)CC1(CC4)OCCO1.S.S.S. The molecular formula is C20H32O4S3. The molecule has 0 unspecified atom stereocenters. The van der Waals surface area contributed by atoms with E-state index in [1.807, 2.05) is 0 Å². The normalized spacial score (nSPS) is 36.0. The number of carbonyl (C=O) groups excluding carboxylic acids is 1. The quantitative estimate of drug-likeness (QED) is 0.545. The van der Waals surface area contributed by atoms with Gasteiger partial charge in [0.2, 0.25) is 0 Å². The van der Waals surface area contributed by atoms with Crippen LogP contribution in [-0.4, -0.2) is 31.6 Å². The minimum absolute atomic E-state index is 0. The van der Waals surface area contributed by atoms with Crippen molar-refractivity contribution in [1.29, 1.82) is 0 Å². The monoisotopic (exact) mass is 432 g/mol. The van der Waals surface area contributed by atoms with Crippen LogP contribution in [0.3, 0.4) is 0 Å². The molecule has 2 heterocycles. The molecule has 0 bridgehead atoms. The van der Waals surface area contributed by atoms with Crippen LogP contribution in [0.1, 0.15) is 51.9 Å². The minimum Gasteiger partial charge on any atom is -0.465 e. The average molecular weight is 433 g/mol. The van der Waals surface area contributed by atoms with Crippen molar-refractivity contribution in [2.75, 3.05) is 19.8 Å². The van der Waals surface area contributed by atoms with Gasteiger partial charge in [0, 0.05) is 12.8 Å². The second kappa shape index (κ2) is 8.34. The van der Waals surface area contributed by atoms with Crippen LogP contribution in [0.2, 0.25) is 0 Å². The van der Waals surface area contributed by atoms with E-state index in [1.54, 1.807) is 16.7 Å². The summed E-state index contributed by atoms with van der Waals surface area (Å²) in [6, 6.07) is 0. The molecule has 0 amide bonds. The Bertz CT molecular complexity index is 654. The van der Waals surface area contributed by atoms with Crippen LogP contribution < -0.4 is 0 Å². The lowest BCUT2D eigenvalue weighted by molar-refractivity contribution is -0.170. The molecule has 5 rings (SSSR count). The highest BCUT2D eigenvalue weighted by Gasteiger charge is 2.53. The largest absolute Gasteiger partial charge is 0.465 e. The van der Waals surface area contributed by atoms with Gasteiger partial charge >= 0.3 is 5.97 Å². The van der Waals surface area contributed by atoms with Crippen LogP contribution in [0.25, 0.3) is 0 Å². The molecule has 154 valence electrons. The van der Waals surface area contributed by atoms with E-state index in [9.17, 15) is 4.79 Å². The van der Waals surface area contributed by atoms with Crippen LogP contribution in [-0.2, 0) is 19.0 Å². The number of esters is 1. The van der Waals surface area contributed by atoms with E-state index in [1.165, 1.54) is 0 Å². The molecule has 0 saturated carbocycles. The van der Waals surface area contributed by atoms with Crippen molar-refractivity contribution in [3.63, 3.8) is 0 Å². The zero-order chi connectivity index (χ0) is 16.4. The first-order valence-corrected chi connectivity index (χ1v) is 9.48. The van der Waals surface area contributed by atoms with Gasteiger partial charge in [0.25, 0.3) is 0 Å². The lowest BCUT2D eigenvalue weighted by Gasteiger charge is -2.50. The summed E-state index contributed by atoms with van der Waals surface area (Å²) in [6.07, 6.45) is 9.47. The van der Waals surface area contributed by atoms with E-state index < -0.39 is 0 Å². The molecule has 1 spiro atoms. The van der Waals surface area contributed by atoms with E-state index in [4.69, 9.17) is 14.2 Å². The third-order valence-electron chi connectivity index (χ3n) is 7.16. The second-order valence-electron chi connectivity index (χ2n) is 8.32. The molecule has 7 heteroatoms.